The monoisotopic (exact) mass is 299 g/mol. The first-order chi connectivity index (χ1) is 9.25. The first-order valence-corrected chi connectivity index (χ1v) is 7.04. The van der Waals surface area contributed by atoms with E-state index in [-0.39, 0.29) is 18.1 Å². The van der Waals surface area contributed by atoms with Crippen LogP contribution in [0.25, 0.3) is 0 Å². The van der Waals surface area contributed by atoms with Gasteiger partial charge in [-0.1, -0.05) is 24.6 Å². The van der Waals surface area contributed by atoms with Crippen molar-refractivity contribution in [1.29, 1.82) is 0 Å². The van der Waals surface area contributed by atoms with Crippen molar-refractivity contribution >= 4 is 17.5 Å². The molecule has 1 aromatic carbocycles. The van der Waals surface area contributed by atoms with Crippen molar-refractivity contribution < 1.29 is 14.6 Å². The topological polar surface area (TPSA) is 58.6 Å². The Bertz CT molecular complexity index is 472. The number of carbonyl (C=O) groups is 1. The van der Waals surface area contributed by atoms with Crippen molar-refractivity contribution in [1.82, 2.24) is 5.32 Å². The number of amides is 1. The van der Waals surface area contributed by atoms with E-state index < -0.39 is 6.10 Å². The van der Waals surface area contributed by atoms with E-state index >= 15 is 0 Å². The zero-order chi connectivity index (χ0) is 15.3. The lowest BCUT2D eigenvalue weighted by atomic mass is 10.0. The van der Waals surface area contributed by atoms with Crippen LogP contribution in [0.15, 0.2) is 18.2 Å². The fraction of sp³-hybridized carbons (Fsp3) is 0.533. The molecule has 0 heterocycles. The second-order valence-corrected chi connectivity index (χ2v) is 5.85. The highest BCUT2D eigenvalue weighted by atomic mass is 35.5. The first-order valence-electron chi connectivity index (χ1n) is 6.66. The van der Waals surface area contributed by atoms with Gasteiger partial charge in [-0.25, -0.2) is 0 Å². The van der Waals surface area contributed by atoms with Gasteiger partial charge in [-0.15, -0.1) is 0 Å². The van der Waals surface area contributed by atoms with Crippen LogP contribution in [0, 0.1) is 0 Å². The standard InChI is InChI=1S/C15H22ClNO3/c1-5-15(3,4)17-14(19)9-20-13-7-6-11(10(2)18)8-12(13)16/h6-8,10,18H,5,9H2,1-4H3,(H,17,19). The third-order valence-corrected chi connectivity index (χ3v) is 3.45. The zero-order valence-electron chi connectivity index (χ0n) is 12.4. The molecule has 0 fully saturated rings. The maximum atomic E-state index is 11.8. The summed E-state index contributed by atoms with van der Waals surface area (Å²) >= 11 is 6.05. The van der Waals surface area contributed by atoms with Crippen LogP contribution in [0.1, 0.15) is 45.8 Å². The van der Waals surface area contributed by atoms with Gasteiger partial charge in [0.05, 0.1) is 11.1 Å². The highest BCUT2D eigenvalue weighted by Crippen LogP contribution is 2.27. The van der Waals surface area contributed by atoms with Crippen molar-refractivity contribution in [2.24, 2.45) is 0 Å². The lowest BCUT2D eigenvalue weighted by Gasteiger charge is -2.24. The van der Waals surface area contributed by atoms with Crippen molar-refractivity contribution in [3.63, 3.8) is 0 Å². The fourth-order valence-electron chi connectivity index (χ4n) is 1.54. The molecule has 1 unspecified atom stereocenters. The normalized spacial score (nSPS) is 12.9. The molecule has 0 aliphatic carbocycles. The van der Waals surface area contributed by atoms with Crippen molar-refractivity contribution in [3.05, 3.63) is 28.8 Å². The first kappa shape index (κ1) is 16.8. The molecular formula is C15H22ClNO3. The summed E-state index contributed by atoms with van der Waals surface area (Å²) in [5, 5.41) is 12.7. The van der Waals surface area contributed by atoms with Gasteiger partial charge in [0.15, 0.2) is 6.61 Å². The molecule has 1 amide bonds. The highest BCUT2D eigenvalue weighted by Gasteiger charge is 2.18. The molecule has 2 N–H and O–H groups in total. The number of nitrogens with one attached hydrogen (secondary N) is 1. The quantitative estimate of drug-likeness (QED) is 0.848. The van der Waals surface area contributed by atoms with Gasteiger partial charge in [-0.2, -0.15) is 0 Å². The molecule has 0 aromatic heterocycles. The SMILES string of the molecule is CCC(C)(C)NC(=O)COc1ccc(C(C)O)cc1Cl. The number of carbonyl (C=O) groups excluding carboxylic acids is 1. The van der Waals surface area contributed by atoms with Gasteiger partial charge in [-0.3, -0.25) is 4.79 Å². The summed E-state index contributed by atoms with van der Waals surface area (Å²) in [4.78, 5) is 11.8. The van der Waals surface area contributed by atoms with Crippen LogP contribution in [0.4, 0.5) is 0 Å². The molecule has 0 spiro atoms. The largest absolute Gasteiger partial charge is 0.482 e. The number of halogens is 1. The summed E-state index contributed by atoms with van der Waals surface area (Å²) in [5.41, 5.74) is 0.458. The van der Waals surface area contributed by atoms with E-state index in [0.717, 1.165) is 6.42 Å². The molecule has 1 rings (SSSR count). The van der Waals surface area contributed by atoms with Gasteiger partial charge in [0.2, 0.25) is 0 Å². The Morgan fingerprint density at radius 3 is 2.65 bits per heavy atom. The van der Waals surface area contributed by atoms with Crippen LogP contribution in [0.3, 0.4) is 0 Å². The zero-order valence-corrected chi connectivity index (χ0v) is 13.1. The molecule has 0 saturated heterocycles. The number of ether oxygens (including phenoxy) is 1. The highest BCUT2D eigenvalue weighted by molar-refractivity contribution is 6.32. The minimum Gasteiger partial charge on any atom is -0.482 e. The van der Waals surface area contributed by atoms with E-state index in [1.807, 2.05) is 20.8 Å². The fourth-order valence-corrected chi connectivity index (χ4v) is 1.78. The van der Waals surface area contributed by atoms with Gasteiger partial charge in [-0.05, 0) is 44.9 Å². The molecule has 4 nitrogen and oxygen atoms in total. The molecule has 112 valence electrons. The van der Waals surface area contributed by atoms with E-state index in [0.29, 0.717) is 16.3 Å². The van der Waals surface area contributed by atoms with Gasteiger partial charge in [0.25, 0.3) is 5.91 Å². The second kappa shape index (κ2) is 6.95. The van der Waals surface area contributed by atoms with Crippen LogP contribution in [-0.4, -0.2) is 23.2 Å². The van der Waals surface area contributed by atoms with Crippen LogP contribution in [0.2, 0.25) is 5.02 Å². The van der Waals surface area contributed by atoms with E-state index in [4.69, 9.17) is 16.3 Å². The van der Waals surface area contributed by atoms with Crippen LogP contribution < -0.4 is 10.1 Å². The van der Waals surface area contributed by atoms with E-state index in [2.05, 4.69) is 5.32 Å². The van der Waals surface area contributed by atoms with Crippen molar-refractivity contribution in [2.75, 3.05) is 6.61 Å². The number of benzene rings is 1. The molecular weight excluding hydrogens is 278 g/mol. The average Bonchev–Trinajstić information content (AvgIpc) is 2.36. The van der Waals surface area contributed by atoms with Gasteiger partial charge < -0.3 is 15.2 Å². The third-order valence-electron chi connectivity index (χ3n) is 3.16. The van der Waals surface area contributed by atoms with E-state index in [1.54, 1.807) is 25.1 Å². The number of aliphatic hydroxyl groups is 1. The lowest BCUT2D eigenvalue weighted by Crippen LogP contribution is -2.44. The summed E-state index contributed by atoms with van der Waals surface area (Å²) in [6, 6.07) is 5.01. The molecule has 0 aliphatic rings. The van der Waals surface area contributed by atoms with E-state index in [1.165, 1.54) is 0 Å². The molecule has 0 saturated carbocycles. The molecule has 20 heavy (non-hydrogen) atoms. The molecule has 0 aliphatic heterocycles. The Labute approximate surface area is 125 Å². The maximum Gasteiger partial charge on any atom is 0.258 e. The molecule has 5 heteroatoms. The molecule has 1 aromatic rings. The lowest BCUT2D eigenvalue weighted by molar-refractivity contribution is -0.124. The van der Waals surface area contributed by atoms with Gasteiger partial charge in [0.1, 0.15) is 5.75 Å². The number of rotatable bonds is 6. The number of aliphatic hydroxyl groups excluding tert-OH is 1. The number of hydrogen-bond acceptors (Lipinski definition) is 3. The number of hydrogen-bond donors (Lipinski definition) is 2. The van der Waals surface area contributed by atoms with Crippen LogP contribution in [-0.2, 0) is 4.79 Å². The minimum atomic E-state index is -0.588. The van der Waals surface area contributed by atoms with Crippen molar-refractivity contribution in [3.8, 4) is 5.75 Å². The summed E-state index contributed by atoms with van der Waals surface area (Å²) < 4.78 is 5.40. The smallest absolute Gasteiger partial charge is 0.258 e. The summed E-state index contributed by atoms with van der Waals surface area (Å²) in [7, 11) is 0. The minimum absolute atomic E-state index is 0.0861. The summed E-state index contributed by atoms with van der Waals surface area (Å²) in [6.45, 7) is 7.49. The Balaban J connectivity index is 2.60. The second-order valence-electron chi connectivity index (χ2n) is 5.44. The van der Waals surface area contributed by atoms with Crippen LogP contribution in [0.5, 0.6) is 5.75 Å². The predicted octanol–water partition coefficient (Wildman–Crippen LogP) is 3.08. The Hall–Kier alpha value is -1.26. The Kier molecular flexibility index (Phi) is 5.84. The Morgan fingerprint density at radius 2 is 2.15 bits per heavy atom. The average molecular weight is 300 g/mol. The molecule has 0 bridgehead atoms. The summed E-state index contributed by atoms with van der Waals surface area (Å²) in [6.07, 6.45) is 0.248. The van der Waals surface area contributed by atoms with Gasteiger partial charge in [0, 0.05) is 5.54 Å². The van der Waals surface area contributed by atoms with E-state index in [9.17, 15) is 9.90 Å². The Morgan fingerprint density at radius 1 is 1.50 bits per heavy atom. The van der Waals surface area contributed by atoms with Crippen LogP contribution >= 0.6 is 11.6 Å². The third kappa shape index (κ3) is 5.02. The molecule has 1 atom stereocenters. The predicted molar refractivity (Wildman–Crippen MR) is 80.1 cm³/mol. The van der Waals surface area contributed by atoms with Crippen molar-refractivity contribution in [2.45, 2.75) is 45.8 Å². The maximum absolute atomic E-state index is 11.8. The van der Waals surface area contributed by atoms with Gasteiger partial charge >= 0.3 is 0 Å². The molecule has 0 radical (unpaired) electrons. The summed E-state index contributed by atoms with van der Waals surface area (Å²) in [5.74, 6) is 0.244.